The van der Waals surface area contributed by atoms with Crippen molar-refractivity contribution in [1.82, 2.24) is 9.88 Å². The molecule has 7 aromatic carbocycles. The molecule has 0 N–H and O–H groups in total. The van der Waals surface area contributed by atoms with Crippen molar-refractivity contribution in [2.45, 2.75) is 0 Å². The third-order valence-corrected chi connectivity index (χ3v) is 11.4. The maximum absolute atomic E-state index is 6.74. The highest BCUT2D eigenvalue weighted by molar-refractivity contribution is 7.00. The van der Waals surface area contributed by atoms with Crippen molar-refractivity contribution in [3.05, 3.63) is 207 Å². The fraction of sp³-hybridized carbons (Fsp3) is 0.0392. The van der Waals surface area contributed by atoms with E-state index >= 15 is 0 Å². The van der Waals surface area contributed by atoms with Crippen LogP contribution in [-0.4, -0.2) is 30.3 Å². The maximum atomic E-state index is 6.74. The Morgan fingerprint density at radius 1 is 0.508 bits per heavy atom. The van der Waals surface area contributed by atoms with E-state index in [-0.39, 0.29) is 6.71 Å². The molecular weight excluding hydrogens is 723 g/mol. The number of hydrogen-bond acceptors (Lipinski definition) is 7. The summed E-state index contributed by atoms with van der Waals surface area (Å²) in [5.41, 5.74) is 13.4. The molecule has 0 saturated heterocycles. The van der Waals surface area contributed by atoms with Gasteiger partial charge in [0.15, 0.2) is 0 Å². The number of pyridine rings is 1. The van der Waals surface area contributed by atoms with Gasteiger partial charge in [-0.15, -0.1) is 0 Å². The number of nitrogens with zero attached hydrogens (tertiary/aromatic N) is 6. The van der Waals surface area contributed by atoms with Crippen LogP contribution >= 0.6 is 0 Å². The Morgan fingerprint density at radius 3 is 1.86 bits per heavy atom. The molecule has 0 radical (unpaired) electrons. The SMILES string of the molecule is CN1C=CN(c2cccc(Oc3ccc4c(c3)N(c3ccccn3)c3cc(N(c5ccccc5)c5ccccc5)cc5c3B4c3ccccc3N5c3ccccc3)c2)C1. The molecular formula is C51H39BN6O. The van der Waals surface area contributed by atoms with E-state index in [0.29, 0.717) is 0 Å². The van der Waals surface area contributed by atoms with Gasteiger partial charge in [-0.05, 0) is 101 Å². The molecule has 282 valence electrons. The van der Waals surface area contributed by atoms with Crippen molar-refractivity contribution in [3.8, 4) is 11.5 Å². The second-order valence-electron chi connectivity index (χ2n) is 15.1. The lowest BCUT2D eigenvalue weighted by atomic mass is 9.33. The Balaban J connectivity index is 1.16. The van der Waals surface area contributed by atoms with E-state index in [1.807, 2.05) is 18.3 Å². The van der Waals surface area contributed by atoms with Crippen LogP contribution in [0.5, 0.6) is 11.5 Å². The average Bonchev–Trinajstić information content (AvgIpc) is 3.74. The average molecular weight is 763 g/mol. The van der Waals surface area contributed by atoms with E-state index in [4.69, 9.17) is 9.72 Å². The van der Waals surface area contributed by atoms with Gasteiger partial charge < -0.3 is 24.3 Å². The van der Waals surface area contributed by atoms with Crippen molar-refractivity contribution in [3.63, 3.8) is 0 Å². The highest BCUT2D eigenvalue weighted by Gasteiger charge is 2.44. The Hall–Kier alpha value is -7.71. The Labute approximate surface area is 345 Å². The van der Waals surface area contributed by atoms with Crippen LogP contribution in [0.2, 0.25) is 0 Å². The Kier molecular flexibility index (Phi) is 8.40. The monoisotopic (exact) mass is 762 g/mol. The summed E-state index contributed by atoms with van der Waals surface area (Å²) in [6.45, 7) is 0.736. The molecule has 0 amide bonds. The molecule has 3 aliphatic heterocycles. The van der Waals surface area contributed by atoms with Crippen molar-refractivity contribution >= 4 is 80.1 Å². The predicted molar refractivity (Wildman–Crippen MR) is 244 cm³/mol. The van der Waals surface area contributed by atoms with Crippen LogP contribution in [0.4, 0.5) is 57.0 Å². The lowest BCUT2D eigenvalue weighted by molar-refractivity contribution is 0.481. The van der Waals surface area contributed by atoms with E-state index in [1.165, 1.54) is 16.4 Å². The highest BCUT2D eigenvalue weighted by atomic mass is 16.5. The summed E-state index contributed by atoms with van der Waals surface area (Å²) in [5.74, 6) is 2.35. The molecule has 11 rings (SSSR count). The fourth-order valence-corrected chi connectivity index (χ4v) is 8.85. The second-order valence-corrected chi connectivity index (χ2v) is 15.1. The smallest absolute Gasteiger partial charge is 0.252 e. The molecule has 3 aliphatic rings. The van der Waals surface area contributed by atoms with E-state index in [1.54, 1.807) is 0 Å². The second kappa shape index (κ2) is 14.3. The standard InChI is InChI=1S/C51H39BN6O/c1-54-30-31-55(36-54)40-22-15-23-42(32-40)59-43-27-28-45-47(35-43)58(50-26-13-14-29-53-50)49-34-41(56(37-16-5-2-6-17-37)38-18-7-3-8-19-38)33-48-51(49)52(45)44-24-11-12-25-46(44)57(48)39-20-9-4-10-21-39/h2-35H,36H2,1H3. The quantitative estimate of drug-likeness (QED) is 0.143. The molecule has 0 unspecified atom stereocenters. The molecule has 1 aromatic heterocycles. The molecule has 59 heavy (non-hydrogen) atoms. The first-order chi connectivity index (χ1) is 29.2. The van der Waals surface area contributed by atoms with Crippen LogP contribution in [0.25, 0.3) is 0 Å². The van der Waals surface area contributed by atoms with Gasteiger partial charge in [-0.1, -0.05) is 91.0 Å². The molecule has 8 heteroatoms. The molecule has 0 saturated carbocycles. The summed E-state index contributed by atoms with van der Waals surface area (Å²) < 4.78 is 6.74. The summed E-state index contributed by atoms with van der Waals surface area (Å²) in [7, 11) is 2.08. The van der Waals surface area contributed by atoms with Gasteiger partial charge in [-0.25, -0.2) is 4.98 Å². The zero-order valence-electron chi connectivity index (χ0n) is 32.5. The molecule has 0 atom stereocenters. The summed E-state index contributed by atoms with van der Waals surface area (Å²) in [5, 5.41) is 0. The summed E-state index contributed by atoms with van der Waals surface area (Å²) >= 11 is 0. The number of benzene rings is 7. The minimum Gasteiger partial charge on any atom is -0.457 e. The minimum atomic E-state index is -0.0570. The van der Waals surface area contributed by atoms with Gasteiger partial charge >= 0.3 is 0 Å². The van der Waals surface area contributed by atoms with Gasteiger partial charge in [0.2, 0.25) is 0 Å². The van der Waals surface area contributed by atoms with Gasteiger partial charge in [-0.2, -0.15) is 0 Å². The van der Waals surface area contributed by atoms with Crippen LogP contribution in [0, 0.1) is 0 Å². The molecule has 0 fully saturated rings. The Bertz CT molecular complexity index is 2800. The van der Waals surface area contributed by atoms with Crippen molar-refractivity contribution in [2.75, 3.05) is 33.3 Å². The maximum Gasteiger partial charge on any atom is 0.252 e. The largest absolute Gasteiger partial charge is 0.457 e. The number of para-hydroxylation sites is 4. The van der Waals surface area contributed by atoms with Gasteiger partial charge in [0, 0.05) is 83.3 Å². The summed E-state index contributed by atoms with van der Waals surface area (Å²) in [4.78, 5) is 16.5. The van der Waals surface area contributed by atoms with Crippen molar-refractivity contribution in [1.29, 1.82) is 0 Å². The third kappa shape index (κ3) is 6.05. The number of hydrogen-bond donors (Lipinski definition) is 0. The van der Waals surface area contributed by atoms with Gasteiger partial charge in [0.05, 0.1) is 12.4 Å². The Morgan fingerprint density at radius 2 is 1.15 bits per heavy atom. The number of rotatable bonds is 8. The molecule has 7 nitrogen and oxygen atoms in total. The van der Waals surface area contributed by atoms with Crippen LogP contribution in [0.15, 0.2) is 207 Å². The summed E-state index contributed by atoms with van der Waals surface area (Å²) in [6, 6.07) is 66.5. The van der Waals surface area contributed by atoms with Crippen molar-refractivity contribution < 1.29 is 4.74 Å². The van der Waals surface area contributed by atoms with E-state index in [9.17, 15) is 0 Å². The minimum absolute atomic E-state index is 0.0570. The molecule has 8 aromatic rings. The number of anilines is 10. The number of fused-ring (bicyclic) bond motifs is 4. The topological polar surface area (TPSA) is 38.3 Å². The first-order valence-corrected chi connectivity index (χ1v) is 20.0. The molecule has 0 spiro atoms. The first-order valence-electron chi connectivity index (χ1n) is 20.0. The third-order valence-electron chi connectivity index (χ3n) is 11.4. The molecule has 0 bridgehead atoms. The highest BCUT2D eigenvalue weighted by Crippen LogP contribution is 2.48. The number of aromatic nitrogens is 1. The molecule has 0 aliphatic carbocycles. The molecule has 4 heterocycles. The van der Waals surface area contributed by atoms with Gasteiger partial charge in [0.1, 0.15) is 17.3 Å². The zero-order valence-corrected chi connectivity index (χ0v) is 32.5. The van der Waals surface area contributed by atoms with E-state index in [0.717, 1.165) is 75.2 Å². The van der Waals surface area contributed by atoms with Crippen molar-refractivity contribution in [2.24, 2.45) is 0 Å². The number of ether oxygens (including phenoxy) is 1. The first kappa shape index (κ1) is 34.5. The predicted octanol–water partition coefficient (Wildman–Crippen LogP) is 10.6. The van der Waals surface area contributed by atoms with Crippen LogP contribution in [-0.2, 0) is 0 Å². The van der Waals surface area contributed by atoms with Crippen LogP contribution in [0.3, 0.4) is 0 Å². The fourth-order valence-electron chi connectivity index (χ4n) is 8.85. The van der Waals surface area contributed by atoms with Crippen LogP contribution < -0.4 is 40.7 Å². The lowest BCUT2D eigenvalue weighted by Gasteiger charge is -2.44. The lowest BCUT2D eigenvalue weighted by Crippen LogP contribution is -2.61. The normalized spacial score (nSPS) is 13.5. The van der Waals surface area contributed by atoms with Gasteiger partial charge in [0.25, 0.3) is 6.71 Å². The summed E-state index contributed by atoms with van der Waals surface area (Å²) in [6.07, 6.45) is 6.05. The van der Waals surface area contributed by atoms with Crippen LogP contribution in [0.1, 0.15) is 0 Å². The zero-order chi connectivity index (χ0) is 39.3. The van der Waals surface area contributed by atoms with Gasteiger partial charge in [-0.3, -0.25) is 4.90 Å². The van der Waals surface area contributed by atoms with E-state index < -0.39 is 0 Å². The van der Waals surface area contributed by atoms with E-state index in [2.05, 4.69) is 220 Å².